The van der Waals surface area contributed by atoms with Gasteiger partial charge < -0.3 is 15.7 Å². The number of carbonyl (C=O) groups is 1. The molecule has 3 aliphatic rings. The molecule has 0 bridgehead atoms. The third-order valence-corrected chi connectivity index (χ3v) is 6.65. The van der Waals surface area contributed by atoms with Gasteiger partial charge in [0, 0.05) is 19.1 Å². The molecule has 0 spiro atoms. The summed E-state index contributed by atoms with van der Waals surface area (Å²) < 4.78 is 16.4. The second-order valence-electron chi connectivity index (χ2n) is 8.64. The lowest BCUT2D eigenvalue weighted by Gasteiger charge is -2.24. The molecule has 3 N–H and O–H groups in total. The van der Waals surface area contributed by atoms with E-state index in [2.05, 4.69) is 0 Å². The molecule has 1 aliphatic heterocycles. The topological polar surface area (TPSA) is 88.0 Å². The summed E-state index contributed by atoms with van der Waals surface area (Å²) >= 11 is 0. The Hall–Kier alpha value is -2.41. The number of rotatable bonds is 4. The molecule has 1 saturated heterocycles. The predicted octanol–water partition coefficient (Wildman–Crippen LogP) is 2.50. The first kappa shape index (κ1) is 17.7. The van der Waals surface area contributed by atoms with E-state index in [1.807, 2.05) is 11.8 Å². The van der Waals surface area contributed by atoms with Gasteiger partial charge in [0.15, 0.2) is 5.82 Å². The highest BCUT2D eigenvalue weighted by atomic mass is 19.1. The molecule has 2 aromatic heterocycles. The van der Waals surface area contributed by atoms with Crippen molar-refractivity contribution >= 4 is 17.2 Å². The summed E-state index contributed by atoms with van der Waals surface area (Å²) in [5.41, 5.74) is 8.03. The molecular weight excluding hydrogens is 361 g/mol. The molecule has 3 heterocycles. The van der Waals surface area contributed by atoms with Crippen molar-refractivity contribution in [3.05, 3.63) is 45.1 Å². The van der Waals surface area contributed by atoms with E-state index in [9.17, 15) is 14.7 Å². The van der Waals surface area contributed by atoms with Crippen molar-refractivity contribution in [2.75, 3.05) is 18.0 Å². The van der Waals surface area contributed by atoms with Crippen molar-refractivity contribution in [1.29, 1.82) is 0 Å². The number of carboxylic acids is 1. The molecule has 0 radical (unpaired) electrons. The predicted molar refractivity (Wildman–Crippen MR) is 104 cm³/mol. The minimum absolute atomic E-state index is 0.0296. The van der Waals surface area contributed by atoms with Gasteiger partial charge in [-0.2, -0.15) is 0 Å². The number of aryl methyl sites for hydroxylation is 1. The van der Waals surface area contributed by atoms with Crippen LogP contribution in [0.3, 0.4) is 0 Å². The first-order valence-electron chi connectivity index (χ1n) is 9.99. The molecule has 5 rings (SSSR count). The summed E-state index contributed by atoms with van der Waals surface area (Å²) in [4.78, 5) is 26.2. The van der Waals surface area contributed by atoms with Gasteiger partial charge in [0.05, 0.1) is 17.4 Å². The average molecular weight is 385 g/mol. The zero-order valence-corrected chi connectivity index (χ0v) is 15.8. The number of pyridine rings is 2. The summed E-state index contributed by atoms with van der Waals surface area (Å²) in [6.07, 6.45) is 5.47. The van der Waals surface area contributed by atoms with E-state index in [0.717, 1.165) is 31.1 Å². The highest BCUT2D eigenvalue weighted by molar-refractivity contribution is 5.89. The zero-order valence-electron chi connectivity index (χ0n) is 15.8. The Morgan fingerprint density at radius 3 is 2.57 bits per heavy atom. The molecule has 2 aliphatic carbocycles. The summed E-state index contributed by atoms with van der Waals surface area (Å²) in [6.45, 7) is 3.16. The van der Waals surface area contributed by atoms with Crippen LogP contribution < -0.4 is 16.2 Å². The van der Waals surface area contributed by atoms with E-state index >= 15 is 4.39 Å². The minimum atomic E-state index is -1.28. The maximum absolute atomic E-state index is 15.2. The van der Waals surface area contributed by atoms with Crippen molar-refractivity contribution in [3.8, 4) is 0 Å². The maximum Gasteiger partial charge on any atom is 0.341 e. The van der Waals surface area contributed by atoms with Crippen molar-refractivity contribution in [2.24, 2.45) is 17.6 Å². The van der Waals surface area contributed by atoms with E-state index in [4.69, 9.17) is 5.73 Å². The van der Waals surface area contributed by atoms with Crippen molar-refractivity contribution in [1.82, 2.24) is 4.40 Å². The number of halogens is 1. The van der Waals surface area contributed by atoms with Crippen LogP contribution in [0.2, 0.25) is 0 Å². The van der Waals surface area contributed by atoms with Crippen molar-refractivity contribution in [2.45, 2.75) is 44.6 Å². The van der Waals surface area contributed by atoms with Crippen LogP contribution in [0.5, 0.6) is 0 Å². The van der Waals surface area contributed by atoms with E-state index in [1.165, 1.54) is 23.3 Å². The zero-order chi connectivity index (χ0) is 19.7. The van der Waals surface area contributed by atoms with Gasteiger partial charge in [-0.1, -0.05) is 0 Å². The van der Waals surface area contributed by atoms with Crippen LogP contribution in [0.25, 0.3) is 5.52 Å². The summed E-state index contributed by atoms with van der Waals surface area (Å²) in [7, 11) is 0. The molecule has 28 heavy (non-hydrogen) atoms. The van der Waals surface area contributed by atoms with Crippen LogP contribution in [0, 0.1) is 24.6 Å². The molecule has 0 unspecified atom stereocenters. The standard InChI is InChI=1S/C21H24FN3O3/c1-10-18-13(11-2-3-11)6-14(21(27)28)20(26)25(18)8-16(22)19(10)24-7-15(12-4-5-12)17(23)9-24/h6,8,11-12,15,17H,2-5,7,9,23H2,1H3,(H,27,28)/t15-,17+/m1/s1. The normalized spacial score (nSPS) is 24.9. The van der Waals surface area contributed by atoms with Crippen LogP contribution >= 0.6 is 0 Å². The fourth-order valence-corrected chi connectivity index (χ4v) is 4.95. The lowest BCUT2D eigenvalue weighted by molar-refractivity contribution is 0.0694. The SMILES string of the molecule is Cc1c(N2C[C@H](C3CC3)[C@@H](N)C2)c(F)cn2c(=O)c(C(=O)O)cc(C3CC3)c12. The fraction of sp³-hybridized carbons (Fsp3) is 0.524. The molecule has 7 heteroatoms. The third kappa shape index (κ3) is 2.64. The molecule has 0 aromatic carbocycles. The quantitative estimate of drug-likeness (QED) is 0.844. The number of anilines is 1. The second-order valence-corrected chi connectivity index (χ2v) is 8.64. The number of carboxylic acid groups (broad SMARTS) is 1. The molecular formula is C21H24FN3O3. The Balaban J connectivity index is 1.70. The van der Waals surface area contributed by atoms with E-state index in [0.29, 0.717) is 35.1 Å². The average Bonchev–Trinajstić information content (AvgIpc) is 3.54. The van der Waals surface area contributed by atoms with Crippen LogP contribution in [0.1, 0.15) is 53.1 Å². The lowest BCUT2D eigenvalue weighted by atomic mass is 9.99. The Morgan fingerprint density at radius 2 is 1.96 bits per heavy atom. The van der Waals surface area contributed by atoms with Gasteiger partial charge in [0.1, 0.15) is 5.56 Å². The monoisotopic (exact) mass is 385 g/mol. The molecule has 6 nitrogen and oxygen atoms in total. The second kappa shape index (κ2) is 6.04. The Labute approximate surface area is 161 Å². The highest BCUT2D eigenvalue weighted by Crippen LogP contribution is 2.45. The minimum Gasteiger partial charge on any atom is -0.477 e. The fourth-order valence-electron chi connectivity index (χ4n) is 4.95. The van der Waals surface area contributed by atoms with E-state index < -0.39 is 17.3 Å². The Bertz CT molecular complexity index is 1060. The van der Waals surface area contributed by atoms with Gasteiger partial charge in [-0.15, -0.1) is 0 Å². The van der Waals surface area contributed by atoms with Crippen molar-refractivity contribution < 1.29 is 14.3 Å². The molecule has 3 fully saturated rings. The van der Waals surface area contributed by atoms with Crippen LogP contribution in [-0.4, -0.2) is 34.6 Å². The molecule has 2 saturated carbocycles. The number of nitrogens with zero attached hydrogens (tertiary/aromatic N) is 2. The Morgan fingerprint density at radius 1 is 1.25 bits per heavy atom. The van der Waals surface area contributed by atoms with E-state index in [-0.39, 0.29) is 17.5 Å². The van der Waals surface area contributed by atoms with Crippen LogP contribution in [0.15, 0.2) is 17.1 Å². The van der Waals surface area contributed by atoms with Gasteiger partial charge in [-0.05, 0) is 67.6 Å². The van der Waals surface area contributed by atoms with Gasteiger partial charge in [0.25, 0.3) is 5.56 Å². The molecule has 148 valence electrons. The number of nitrogens with two attached hydrogens (primary N) is 1. The Kier molecular flexibility index (Phi) is 3.81. The van der Waals surface area contributed by atoms with Gasteiger partial charge >= 0.3 is 5.97 Å². The molecule has 2 atom stereocenters. The molecule has 0 amide bonds. The smallest absolute Gasteiger partial charge is 0.341 e. The van der Waals surface area contributed by atoms with E-state index in [1.54, 1.807) is 0 Å². The van der Waals surface area contributed by atoms with Gasteiger partial charge in [-0.25, -0.2) is 9.18 Å². The van der Waals surface area contributed by atoms with Crippen molar-refractivity contribution in [3.63, 3.8) is 0 Å². The van der Waals surface area contributed by atoms with Crippen LogP contribution in [-0.2, 0) is 0 Å². The number of aromatic carboxylic acids is 1. The molecule has 2 aromatic rings. The van der Waals surface area contributed by atoms with Crippen LogP contribution in [0.4, 0.5) is 10.1 Å². The first-order valence-corrected chi connectivity index (χ1v) is 9.99. The third-order valence-electron chi connectivity index (χ3n) is 6.65. The lowest BCUT2D eigenvalue weighted by Crippen LogP contribution is -2.31. The number of hydrogen-bond acceptors (Lipinski definition) is 4. The summed E-state index contributed by atoms with van der Waals surface area (Å²) in [5.74, 6) is -0.520. The number of aromatic nitrogens is 1. The first-order chi connectivity index (χ1) is 13.4. The summed E-state index contributed by atoms with van der Waals surface area (Å²) in [6, 6.07) is 1.52. The van der Waals surface area contributed by atoms with Gasteiger partial charge in [-0.3, -0.25) is 9.20 Å². The number of fused-ring (bicyclic) bond motifs is 1. The van der Waals surface area contributed by atoms with Gasteiger partial charge in [0.2, 0.25) is 0 Å². The summed E-state index contributed by atoms with van der Waals surface area (Å²) in [5, 5.41) is 9.40. The highest BCUT2D eigenvalue weighted by Gasteiger charge is 2.42. The number of hydrogen-bond donors (Lipinski definition) is 2. The largest absolute Gasteiger partial charge is 0.477 e. The maximum atomic E-state index is 15.2.